The van der Waals surface area contributed by atoms with Gasteiger partial charge in [-0.25, -0.2) is 0 Å². The Morgan fingerprint density at radius 1 is 1.38 bits per heavy atom. The minimum Gasteiger partial charge on any atom is -0.375 e. The number of nitrogens with two attached hydrogens (primary N) is 1. The van der Waals surface area contributed by atoms with Gasteiger partial charge in [0.25, 0.3) is 0 Å². The van der Waals surface area contributed by atoms with Gasteiger partial charge >= 0.3 is 0 Å². The number of anilines is 1. The first-order chi connectivity index (χ1) is 7.58. The van der Waals surface area contributed by atoms with Crippen molar-refractivity contribution < 1.29 is 0 Å². The second-order valence-corrected chi connectivity index (χ2v) is 5.08. The van der Waals surface area contributed by atoms with Crippen molar-refractivity contribution in [1.29, 1.82) is 0 Å². The molecule has 0 saturated carbocycles. The van der Waals surface area contributed by atoms with Crippen LogP contribution in [0.2, 0.25) is 0 Å². The van der Waals surface area contributed by atoms with E-state index in [4.69, 9.17) is 5.73 Å². The summed E-state index contributed by atoms with van der Waals surface area (Å²) in [5, 5.41) is 0. The smallest absolute Gasteiger partial charge is 0.0397 e. The molecular formula is C13H21BrN2. The van der Waals surface area contributed by atoms with Crippen molar-refractivity contribution in [3.63, 3.8) is 0 Å². The molecule has 1 atom stereocenters. The van der Waals surface area contributed by atoms with Gasteiger partial charge in [-0.2, -0.15) is 0 Å². The lowest BCUT2D eigenvalue weighted by Crippen LogP contribution is -2.24. The molecule has 0 fully saturated rings. The molecule has 2 N–H and O–H groups in total. The Labute approximate surface area is 107 Å². The molecule has 0 heterocycles. The molecule has 0 amide bonds. The lowest BCUT2D eigenvalue weighted by atomic mass is 10.0. The molecule has 0 aliphatic heterocycles. The minimum atomic E-state index is 0.248. The second kappa shape index (κ2) is 6.26. The number of benzene rings is 1. The normalized spacial score (nSPS) is 12.6. The Hall–Kier alpha value is -0.540. The maximum absolute atomic E-state index is 6.03. The van der Waals surface area contributed by atoms with Crippen LogP contribution >= 0.6 is 15.9 Å². The highest BCUT2D eigenvalue weighted by Crippen LogP contribution is 2.25. The van der Waals surface area contributed by atoms with E-state index in [0.717, 1.165) is 23.9 Å². The molecule has 0 spiro atoms. The standard InChI is InChI=1S/C13H21BrN2/c1-4-12(15)9-10-8-11(14)6-7-13(10)16(3)5-2/h6-8,12H,4-5,9,15H2,1-3H3. The summed E-state index contributed by atoms with van der Waals surface area (Å²) in [6.07, 6.45) is 1.96. The van der Waals surface area contributed by atoms with Crippen LogP contribution < -0.4 is 10.6 Å². The fourth-order valence-electron chi connectivity index (χ4n) is 1.69. The lowest BCUT2D eigenvalue weighted by molar-refractivity contribution is 0.645. The van der Waals surface area contributed by atoms with Gasteiger partial charge in [-0.3, -0.25) is 0 Å². The van der Waals surface area contributed by atoms with Gasteiger partial charge in [-0.05, 0) is 43.5 Å². The van der Waals surface area contributed by atoms with Gasteiger partial charge in [0.15, 0.2) is 0 Å². The predicted octanol–water partition coefficient (Wildman–Crippen LogP) is 3.19. The van der Waals surface area contributed by atoms with E-state index in [1.165, 1.54) is 11.3 Å². The minimum absolute atomic E-state index is 0.248. The van der Waals surface area contributed by atoms with Crippen LogP contribution in [-0.4, -0.2) is 19.6 Å². The van der Waals surface area contributed by atoms with Crippen LogP contribution in [0.1, 0.15) is 25.8 Å². The van der Waals surface area contributed by atoms with E-state index >= 15 is 0 Å². The summed E-state index contributed by atoms with van der Waals surface area (Å²) in [5.41, 5.74) is 8.65. The van der Waals surface area contributed by atoms with Crippen molar-refractivity contribution in [2.24, 2.45) is 5.73 Å². The first-order valence-corrected chi connectivity index (χ1v) is 6.62. The van der Waals surface area contributed by atoms with Gasteiger partial charge in [0, 0.05) is 29.8 Å². The quantitative estimate of drug-likeness (QED) is 0.900. The molecule has 1 rings (SSSR count). The van der Waals surface area contributed by atoms with Gasteiger partial charge in [0.05, 0.1) is 0 Å². The summed E-state index contributed by atoms with van der Waals surface area (Å²) in [6.45, 7) is 5.30. The largest absolute Gasteiger partial charge is 0.375 e. The Morgan fingerprint density at radius 2 is 2.06 bits per heavy atom. The number of rotatable bonds is 5. The van der Waals surface area contributed by atoms with Crippen LogP contribution in [0.3, 0.4) is 0 Å². The van der Waals surface area contributed by atoms with Gasteiger partial charge in [-0.1, -0.05) is 22.9 Å². The third kappa shape index (κ3) is 3.49. The average molecular weight is 285 g/mol. The van der Waals surface area contributed by atoms with E-state index in [1.54, 1.807) is 0 Å². The van der Waals surface area contributed by atoms with Crippen molar-refractivity contribution >= 4 is 21.6 Å². The number of hydrogen-bond donors (Lipinski definition) is 1. The first-order valence-electron chi connectivity index (χ1n) is 5.83. The third-order valence-corrected chi connectivity index (χ3v) is 3.43. The van der Waals surface area contributed by atoms with Crippen molar-refractivity contribution in [3.8, 4) is 0 Å². The summed E-state index contributed by atoms with van der Waals surface area (Å²) in [7, 11) is 2.12. The highest BCUT2D eigenvalue weighted by atomic mass is 79.9. The molecular weight excluding hydrogens is 264 g/mol. The molecule has 16 heavy (non-hydrogen) atoms. The molecule has 1 aromatic rings. The molecule has 0 bridgehead atoms. The van der Waals surface area contributed by atoms with Gasteiger partial charge in [0.2, 0.25) is 0 Å². The van der Waals surface area contributed by atoms with Crippen LogP contribution in [0.25, 0.3) is 0 Å². The van der Waals surface area contributed by atoms with Gasteiger partial charge in [-0.15, -0.1) is 0 Å². The monoisotopic (exact) mass is 284 g/mol. The van der Waals surface area contributed by atoms with E-state index < -0.39 is 0 Å². The number of halogens is 1. The van der Waals surface area contributed by atoms with Crippen molar-refractivity contribution in [2.45, 2.75) is 32.7 Å². The maximum Gasteiger partial charge on any atom is 0.0397 e. The van der Waals surface area contributed by atoms with Crippen LogP contribution in [0, 0.1) is 0 Å². The Balaban J connectivity index is 2.98. The molecule has 1 aromatic carbocycles. The molecule has 3 heteroatoms. The Bertz CT molecular complexity index is 339. The molecule has 0 radical (unpaired) electrons. The van der Waals surface area contributed by atoms with Gasteiger partial charge in [0.1, 0.15) is 0 Å². The molecule has 0 aliphatic rings. The number of nitrogens with zero attached hydrogens (tertiary/aromatic N) is 1. The van der Waals surface area contributed by atoms with E-state index in [9.17, 15) is 0 Å². The molecule has 90 valence electrons. The van der Waals surface area contributed by atoms with E-state index in [1.807, 2.05) is 0 Å². The Morgan fingerprint density at radius 3 is 2.62 bits per heavy atom. The molecule has 0 aliphatic carbocycles. The van der Waals surface area contributed by atoms with Crippen LogP contribution in [0.15, 0.2) is 22.7 Å². The predicted molar refractivity (Wildman–Crippen MR) is 75.1 cm³/mol. The lowest BCUT2D eigenvalue weighted by Gasteiger charge is -2.22. The molecule has 0 aromatic heterocycles. The highest BCUT2D eigenvalue weighted by Gasteiger charge is 2.09. The zero-order chi connectivity index (χ0) is 12.1. The van der Waals surface area contributed by atoms with E-state index in [2.05, 4.69) is 59.9 Å². The zero-order valence-electron chi connectivity index (χ0n) is 10.3. The zero-order valence-corrected chi connectivity index (χ0v) is 11.9. The van der Waals surface area contributed by atoms with E-state index in [0.29, 0.717) is 0 Å². The van der Waals surface area contributed by atoms with E-state index in [-0.39, 0.29) is 6.04 Å². The maximum atomic E-state index is 6.03. The molecule has 0 saturated heterocycles. The van der Waals surface area contributed by atoms with Gasteiger partial charge < -0.3 is 10.6 Å². The van der Waals surface area contributed by atoms with Crippen molar-refractivity contribution in [3.05, 3.63) is 28.2 Å². The Kier molecular flexibility index (Phi) is 5.29. The SMILES string of the molecule is CCC(N)Cc1cc(Br)ccc1N(C)CC. The summed E-state index contributed by atoms with van der Waals surface area (Å²) >= 11 is 3.52. The summed E-state index contributed by atoms with van der Waals surface area (Å²) in [5.74, 6) is 0. The number of hydrogen-bond acceptors (Lipinski definition) is 2. The van der Waals surface area contributed by atoms with Crippen LogP contribution in [0.5, 0.6) is 0 Å². The highest BCUT2D eigenvalue weighted by molar-refractivity contribution is 9.10. The third-order valence-electron chi connectivity index (χ3n) is 2.93. The van der Waals surface area contributed by atoms with Crippen LogP contribution in [0.4, 0.5) is 5.69 Å². The molecule has 1 unspecified atom stereocenters. The summed E-state index contributed by atoms with van der Waals surface area (Å²) in [4.78, 5) is 2.25. The van der Waals surface area contributed by atoms with Crippen LogP contribution in [-0.2, 0) is 6.42 Å². The summed E-state index contributed by atoms with van der Waals surface area (Å²) in [6, 6.07) is 6.67. The fourth-order valence-corrected chi connectivity index (χ4v) is 2.10. The molecule has 2 nitrogen and oxygen atoms in total. The summed E-state index contributed by atoms with van der Waals surface area (Å²) < 4.78 is 1.12. The second-order valence-electron chi connectivity index (χ2n) is 4.16. The topological polar surface area (TPSA) is 29.3 Å². The average Bonchev–Trinajstić information content (AvgIpc) is 2.28. The van der Waals surface area contributed by atoms with Crippen molar-refractivity contribution in [1.82, 2.24) is 0 Å². The fraction of sp³-hybridized carbons (Fsp3) is 0.538. The van der Waals surface area contributed by atoms with Crippen molar-refractivity contribution in [2.75, 3.05) is 18.5 Å². The first kappa shape index (κ1) is 13.5.